The average molecular weight is 515 g/mol. The van der Waals surface area contributed by atoms with Crippen molar-refractivity contribution in [2.24, 2.45) is 5.73 Å². The smallest absolute Gasteiger partial charge is 0.380 e. The van der Waals surface area contributed by atoms with Crippen molar-refractivity contribution in [1.29, 1.82) is 0 Å². The molecule has 0 atom stereocenters. The number of rotatable bonds is 7. The predicted molar refractivity (Wildman–Crippen MR) is 126 cm³/mol. The molecule has 2 heterocycles. The highest BCUT2D eigenvalue weighted by atomic mass is 19.4. The minimum absolute atomic E-state index is 0.00329. The lowest BCUT2D eigenvalue weighted by molar-refractivity contribution is -0.140. The molecule has 37 heavy (non-hydrogen) atoms. The van der Waals surface area contributed by atoms with Crippen molar-refractivity contribution >= 4 is 28.4 Å². The van der Waals surface area contributed by atoms with Gasteiger partial charge in [-0.05, 0) is 36.2 Å². The second-order valence-corrected chi connectivity index (χ2v) is 8.22. The van der Waals surface area contributed by atoms with Crippen molar-refractivity contribution in [2.45, 2.75) is 26.3 Å². The summed E-state index contributed by atoms with van der Waals surface area (Å²) in [5.41, 5.74) is 4.16. The number of alkyl halides is 3. The third-order valence-corrected chi connectivity index (χ3v) is 5.66. The van der Waals surface area contributed by atoms with Crippen LogP contribution in [0.4, 0.5) is 23.2 Å². The monoisotopic (exact) mass is 515 g/mol. The number of primary amides is 1. The van der Waals surface area contributed by atoms with E-state index in [-0.39, 0.29) is 28.8 Å². The van der Waals surface area contributed by atoms with Gasteiger partial charge in [0.15, 0.2) is 5.69 Å². The molecule has 0 fully saturated rings. The number of hydrogen-bond acceptors (Lipinski definition) is 5. The van der Waals surface area contributed by atoms with Crippen LogP contribution in [0.15, 0.2) is 48.5 Å². The van der Waals surface area contributed by atoms with Crippen LogP contribution in [0.1, 0.15) is 43.4 Å². The first kappa shape index (κ1) is 25.8. The van der Waals surface area contributed by atoms with Crippen LogP contribution in [0.3, 0.4) is 0 Å². The van der Waals surface area contributed by atoms with Crippen molar-refractivity contribution in [2.75, 3.05) is 12.4 Å². The van der Waals surface area contributed by atoms with Crippen LogP contribution in [0.5, 0.6) is 0 Å². The van der Waals surface area contributed by atoms with E-state index in [1.54, 1.807) is 31.4 Å². The normalized spacial score (nSPS) is 11.6. The summed E-state index contributed by atoms with van der Waals surface area (Å²) in [6, 6.07) is 11.7. The molecule has 0 radical (unpaired) electrons. The van der Waals surface area contributed by atoms with Gasteiger partial charge in [-0.25, -0.2) is 9.37 Å². The average Bonchev–Trinajstić information content (AvgIpc) is 3.15. The van der Waals surface area contributed by atoms with Gasteiger partial charge >= 0.3 is 6.18 Å². The minimum Gasteiger partial charge on any atom is -0.380 e. The van der Waals surface area contributed by atoms with Crippen molar-refractivity contribution in [3.8, 4) is 0 Å². The largest absolute Gasteiger partial charge is 0.437 e. The Bertz CT molecular complexity index is 1500. The number of nitrogens with one attached hydrogen (secondary N) is 1. The van der Waals surface area contributed by atoms with Crippen LogP contribution in [-0.2, 0) is 24.1 Å². The van der Waals surface area contributed by atoms with E-state index < -0.39 is 40.8 Å². The lowest BCUT2D eigenvalue weighted by atomic mass is 10.1. The first-order valence-corrected chi connectivity index (χ1v) is 10.9. The number of methoxy groups -OCH3 is 1. The van der Waals surface area contributed by atoms with Gasteiger partial charge in [-0.15, -0.1) is 0 Å². The summed E-state index contributed by atoms with van der Waals surface area (Å²) in [6.07, 6.45) is -4.90. The van der Waals surface area contributed by atoms with Crippen molar-refractivity contribution in [1.82, 2.24) is 14.8 Å². The number of amides is 2. The fourth-order valence-corrected chi connectivity index (χ4v) is 3.86. The van der Waals surface area contributed by atoms with Crippen LogP contribution in [0.2, 0.25) is 0 Å². The van der Waals surface area contributed by atoms with E-state index >= 15 is 0 Å². The zero-order valence-corrected chi connectivity index (χ0v) is 19.7. The van der Waals surface area contributed by atoms with Gasteiger partial charge in [0.25, 0.3) is 11.8 Å². The molecule has 192 valence electrons. The van der Waals surface area contributed by atoms with Crippen LogP contribution in [0, 0.1) is 12.7 Å². The zero-order valence-electron chi connectivity index (χ0n) is 19.7. The SMILES string of the molecule is COCc1ccc(Cn2nc(C(F)(F)F)c(NC(=O)c3cc(C(N)=O)nc4cccc(F)c34)c2C)cc1. The first-order valence-electron chi connectivity index (χ1n) is 10.9. The molecule has 4 rings (SSSR count). The molecular weight excluding hydrogens is 494 g/mol. The number of nitrogens with two attached hydrogens (primary N) is 1. The number of benzene rings is 2. The Morgan fingerprint density at radius 2 is 1.78 bits per heavy atom. The maximum Gasteiger partial charge on any atom is 0.437 e. The Kier molecular flexibility index (Phi) is 6.94. The summed E-state index contributed by atoms with van der Waals surface area (Å²) in [6.45, 7) is 1.76. The molecule has 2 amide bonds. The van der Waals surface area contributed by atoms with Crippen LogP contribution in [-0.4, -0.2) is 33.7 Å². The molecule has 4 aromatic rings. The third-order valence-electron chi connectivity index (χ3n) is 5.66. The number of aromatic nitrogens is 3. The summed E-state index contributed by atoms with van der Waals surface area (Å²) in [7, 11) is 1.55. The number of anilines is 1. The zero-order chi connectivity index (χ0) is 26.9. The molecule has 12 heteroatoms. The van der Waals surface area contributed by atoms with E-state index in [1.807, 2.05) is 0 Å². The second kappa shape index (κ2) is 9.97. The van der Waals surface area contributed by atoms with Crippen LogP contribution >= 0.6 is 0 Å². The van der Waals surface area contributed by atoms with Gasteiger partial charge in [-0.1, -0.05) is 30.3 Å². The lowest BCUT2D eigenvalue weighted by Gasteiger charge is -2.12. The number of carbonyl (C=O) groups excluding carboxylic acids is 2. The standard InChI is InChI=1S/C25H21F4N5O3/c1-13-21(22(25(27,28)29)33-34(13)11-14-6-8-15(9-7-14)12-37-2)32-24(36)16-10-19(23(30)35)31-18-5-3-4-17(26)20(16)18/h3-10H,11-12H2,1-2H3,(H2,30,35)(H,32,36). The van der Waals surface area contributed by atoms with Gasteiger partial charge in [0.1, 0.15) is 11.5 Å². The molecule has 0 aliphatic rings. The molecule has 0 aliphatic heterocycles. The number of pyridine rings is 1. The number of carbonyl (C=O) groups is 2. The van der Waals surface area contributed by atoms with Gasteiger partial charge in [0.2, 0.25) is 0 Å². The van der Waals surface area contributed by atoms with Crippen LogP contribution in [0.25, 0.3) is 10.9 Å². The Morgan fingerprint density at radius 3 is 2.41 bits per heavy atom. The molecule has 8 nitrogen and oxygen atoms in total. The van der Waals surface area contributed by atoms with E-state index in [1.165, 1.54) is 19.1 Å². The van der Waals surface area contributed by atoms with Gasteiger partial charge < -0.3 is 15.8 Å². The van der Waals surface area contributed by atoms with Gasteiger partial charge in [0.05, 0.1) is 35.6 Å². The summed E-state index contributed by atoms with van der Waals surface area (Å²) in [5.74, 6) is -2.92. The minimum atomic E-state index is -4.90. The molecule has 0 spiro atoms. The number of nitrogens with zero attached hydrogens (tertiary/aromatic N) is 3. The maximum absolute atomic E-state index is 14.6. The molecule has 3 N–H and O–H groups in total. The molecule has 2 aromatic heterocycles. The summed E-state index contributed by atoms with van der Waals surface area (Å²) in [5, 5.41) is 5.65. The summed E-state index contributed by atoms with van der Waals surface area (Å²) < 4.78 is 62.4. The first-order chi connectivity index (χ1) is 17.5. The second-order valence-electron chi connectivity index (χ2n) is 8.22. The molecule has 0 unspecified atom stereocenters. The fraction of sp³-hybridized carbons (Fsp3) is 0.200. The van der Waals surface area contributed by atoms with Crippen molar-refractivity contribution in [3.63, 3.8) is 0 Å². The predicted octanol–water partition coefficient (Wildman–Crippen LogP) is 4.44. The quantitative estimate of drug-likeness (QED) is 0.354. The Balaban J connectivity index is 1.75. The third kappa shape index (κ3) is 5.28. The molecule has 0 bridgehead atoms. The van der Waals surface area contributed by atoms with E-state index in [4.69, 9.17) is 10.5 Å². The Morgan fingerprint density at radius 1 is 1.11 bits per heavy atom. The van der Waals surface area contributed by atoms with Crippen molar-refractivity contribution < 1.29 is 31.9 Å². The highest BCUT2D eigenvalue weighted by molar-refractivity contribution is 6.14. The molecule has 0 aliphatic carbocycles. The Labute approximate surface area is 208 Å². The maximum atomic E-state index is 14.6. The number of fused-ring (bicyclic) bond motifs is 1. The highest BCUT2D eigenvalue weighted by Crippen LogP contribution is 2.36. The molecule has 2 aromatic carbocycles. The van der Waals surface area contributed by atoms with Gasteiger partial charge in [-0.3, -0.25) is 14.3 Å². The number of hydrogen-bond donors (Lipinski definition) is 2. The van der Waals surface area contributed by atoms with Gasteiger partial charge in [0, 0.05) is 12.5 Å². The number of ether oxygens (including phenoxy) is 1. The number of halogens is 4. The molecular formula is C25H21F4N5O3. The Hall–Kier alpha value is -4.32. The van der Waals surface area contributed by atoms with E-state index in [0.717, 1.165) is 22.4 Å². The lowest BCUT2D eigenvalue weighted by Crippen LogP contribution is -2.20. The van der Waals surface area contributed by atoms with E-state index in [2.05, 4.69) is 15.4 Å². The summed E-state index contributed by atoms with van der Waals surface area (Å²) in [4.78, 5) is 28.8. The van der Waals surface area contributed by atoms with Crippen LogP contribution < -0.4 is 11.1 Å². The molecule has 0 saturated carbocycles. The topological polar surface area (TPSA) is 112 Å². The highest BCUT2D eigenvalue weighted by Gasteiger charge is 2.39. The fourth-order valence-electron chi connectivity index (χ4n) is 3.86. The summed E-state index contributed by atoms with van der Waals surface area (Å²) >= 11 is 0. The van der Waals surface area contributed by atoms with E-state index in [0.29, 0.717) is 12.2 Å². The van der Waals surface area contributed by atoms with Crippen molar-refractivity contribution in [3.05, 3.63) is 88.1 Å². The molecule has 0 saturated heterocycles. The van der Waals surface area contributed by atoms with Gasteiger partial charge in [-0.2, -0.15) is 18.3 Å². The van der Waals surface area contributed by atoms with E-state index in [9.17, 15) is 27.2 Å².